The lowest BCUT2D eigenvalue weighted by molar-refractivity contribution is 0.0952. The molecule has 100 valence electrons. The topological polar surface area (TPSA) is 46.9 Å². The van der Waals surface area contributed by atoms with Gasteiger partial charge in [-0.1, -0.05) is 11.6 Å². The summed E-state index contributed by atoms with van der Waals surface area (Å²) in [6.45, 7) is 1.40. The minimum Gasteiger partial charge on any atom is -0.352 e. The summed E-state index contributed by atoms with van der Waals surface area (Å²) in [5.74, 6) is -0.0992. The molecule has 2 rings (SSSR count). The van der Waals surface area contributed by atoms with Crippen molar-refractivity contribution in [3.63, 3.8) is 0 Å². The molecule has 0 saturated carbocycles. The van der Waals surface area contributed by atoms with Crippen molar-refractivity contribution in [1.29, 1.82) is 0 Å². The first-order valence-electron chi connectivity index (χ1n) is 5.87. The fourth-order valence-electron chi connectivity index (χ4n) is 1.62. The number of halogens is 2. The van der Waals surface area contributed by atoms with Crippen LogP contribution in [0.15, 0.2) is 41.1 Å². The van der Waals surface area contributed by atoms with Crippen LogP contribution in [0.2, 0.25) is 5.02 Å². The van der Waals surface area contributed by atoms with Crippen LogP contribution in [0.3, 0.4) is 0 Å². The molecule has 4 nitrogen and oxygen atoms in total. The summed E-state index contributed by atoms with van der Waals surface area (Å²) in [6, 6.07) is 7.00. The molecule has 2 aromatic rings. The van der Waals surface area contributed by atoms with E-state index in [0.29, 0.717) is 17.1 Å². The first kappa shape index (κ1) is 14.1. The summed E-state index contributed by atoms with van der Waals surface area (Å²) in [6.07, 6.45) is 4.48. The molecule has 1 amide bonds. The zero-order valence-corrected chi connectivity index (χ0v) is 12.5. The maximum absolute atomic E-state index is 11.9. The van der Waals surface area contributed by atoms with Gasteiger partial charge in [0.1, 0.15) is 0 Å². The Hall–Kier alpha value is -1.33. The van der Waals surface area contributed by atoms with Gasteiger partial charge in [0.05, 0.1) is 5.02 Å². The molecule has 19 heavy (non-hydrogen) atoms. The third-order valence-corrected chi connectivity index (χ3v) is 3.80. The third kappa shape index (κ3) is 4.08. The van der Waals surface area contributed by atoms with Gasteiger partial charge in [-0.3, -0.25) is 9.48 Å². The van der Waals surface area contributed by atoms with Crippen molar-refractivity contribution in [2.24, 2.45) is 0 Å². The van der Waals surface area contributed by atoms with Gasteiger partial charge in [-0.2, -0.15) is 5.10 Å². The highest BCUT2D eigenvalue weighted by Gasteiger charge is 2.06. The van der Waals surface area contributed by atoms with Crippen LogP contribution < -0.4 is 5.32 Å². The molecular weight excluding hydrogens is 330 g/mol. The zero-order valence-electron chi connectivity index (χ0n) is 10.1. The number of aromatic nitrogens is 2. The van der Waals surface area contributed by atoms with E-state index in [0.717, 1.165) is 17.4 Å². The van der Waals surface area contributed by atoms with E-state index in [1.165, 1.54) is 0 Å². The summed E-state index contributed by atoms with van der Waals surface area (Å²) in [4.78, 5) is 11.9. The Labute approximate surface area is 124 Å². The van der Waals surface area contributed by atoms with Crippen LogP contribution in [0.25, 0.3) is 0 Å². The van der Waals surface area contributed by atoms with Crippen LogP contribution >= 0.6 is 27.5 Å². The van der Waals surface area contributed by atoms with Crippen molar-refractivity contribution in [3.05, 3.63) is 51.7 Å². The molecule has 0 fully saturated rings. The van der Waals surface area contributed by atoms with E-state index >= 15 is 0 Å². The number of hydrogen-bond donors (Lipinski definition) is 1. The summed E-state index contributed by atoms with van der Waals surface area (Å²) in [7, 11) is 0. The number of nitrogens with one attached hydrogen (secondary N) is 1. The molecule has 0 aliphatic rings. The number of carbonyl (C=O) groups excluding carboxylic acids is 1. The van der Waals surface area contributed by atoms with Crippen molar-refractivity contribution in [2.75, 3.05) is 6.54 Å². The quantitative estimate of drug-likeness (QED) is 0.849. The maximum Gasteiger partial charge on any atom is 0.251 e. The average molecular weight is 343 g/mol. The Bertz CT molecular complexity index is 557. The molecule has 1 aromatic carbocycles. The minimum absolute atomic E-state index is 0.0992. The van der Waals surface area contributed by atoms with Gasteiger partial charge < -0.3 is 5.32 Å². The lowest BCUT2D eigenvalue weighted by Crippen LogP contribution is -2.25. The average Bonchev–Trinajstić information content (AvgIpc) is 2.91. The summed E-state index contributed by atoms with van der Waals surface area (Å²) in [5.41, 5.74) is 0.593. The standard InChI is InChI=1S/C13H13BrClN3O/c14-11-9-10(3-4-12(11)15)13(19)16-5-1-7-18-8-2-6-17-18/h2-4,6,8-9H,1,5,7H2,(H,16,19). The van der Waals surface area contributed by atoms with Gasteiger partial charge >= 0.3 is 0 Å². The maximum atomic E-state index is 11.9. The summed E-state index contributed by atoms with van der Waals surface area (Å²) >= 11 is 9.18. The molecule has 0 unspecified atom stereocenters. The Morgan fingerprint density at radius 2 is 2.32 bits per heavy atom. The predicted octanol–water partition coefficient (Wildman–Crippen LogP) is 3.12. The van der Waals surface area contributed by atoms with Crippen LogP contribution in [0.4, 0.5) is 0 Å². The van der Waals surface area contributed by atoms with E-state index in [9.17, 15) is 4.79 Å². The zero-order chi connectivity index (χ0) is 13.7. The van der Waals surface area contributed by atoms with Crippen LogP contribution in [0.5, 0.6) is 0 Å². The largest absolute Gasteiger partial charge is 0.352 e. The van der Waals surface area contributed by atoms with E-state index in [1.807, 2.05) is 16.9 Å². The molecule has 1 heterocycles. The van der Waals surface area contributed by atoms with Crippen molar-refractivity contribution in [2.45, 2.75) is 13.0 Å². The predicted molar refractivity (Wildman–Crippen MR) is 78.3 cm³/mol. The molecule has 1 N–H and O–H groups in total. The van der Waals surface area contributed by atoms with Crippen molar-refractivity contribution in [3.8, 4) is 0 Å². The molecule has 0 aliphatic carbocycles. The van der Waals surface area contributed by atoms with E-state index in [1.54, 1.807) is 24.4 Å². The smallest absolute Gasteiger partial charge is 0.251 e. The fraction of sp³-hybridized carbons (Fsp3) is 0.231. The van der Waals surface area contributed by atoms with Crippen molar-refractivity contribution in [1.82, 2.24) is 15.1 Å². The number of amides is 1. The normalized spacial score (nSPS) is 10.4. The second kappa shape index (κ2) is 6.73. The molecule has 0 bridgehead atoms. The molecule has 0 atom stereocenters. The van der Waals surface area contributed by atoms with E-state index in [4.69, 9.17) is 11.6 Å². The second-order valence-corrected chi connectivity index (χ2v) is 5.27. The number of hydrogen-bond acceptors (Lipinski definition) is 2. The lowest BCUT2D eigenvalue weighted by atomic mass is 10.2. The van der Waals surface area contributed by atoms with Gasteiger partial charge in [0, 0.05) is 35.5 Å². The van der Waals surface area contributed by atoms with Gasteiger partial charge in [0.2, 0.25) is 0 Å². The monoisotopic (exact) mass is 341 g/mol. The number of nitrogens with zero attached hydrogens (tertiary/aromatic N) is 2. The Kier molecular flexibility index (Phi) is 4.99. The summed E-state index contributed by atoms with van der Waals surface area (Å²) in [5, 5.41) is 7.55. The third-order valence-electron chi connectivity index (χ3n) is 2.59. The number of aryl methyl sites for hydroxylation is 1. The molecule has 0 radical (unpaired) electrons. The second-order valence-electron chi connectivity index (χ2n) is 4.01. The molecular formula is C13H13BrClN3O. The number of rotatable bonds is 5. The molecule has 0 aliphatic heterocycles. The van der Waals surface area contributed by atoms with Crippen LogP contribution in [-0.4, -0.2) is 22.2 Å². The highest BCUT2D eigenvalue weighted by Crippen LogP contribution is 2.23. The van der Waals surface area contributed by atoms with Crippen molar-refractivity contribution >= 4 is 33.4 Å². The SMILES string of the molecule is O=C(NCCCn1cccn1)c1ccc(Cl)c(Br)c1. The van der Waals surface area contributed by atoms with E-state index < -0.39 is 0 Å². The first-order valence-corrected chi connectivity index (χ1v) is 7.04. The Morgan fingerprint density at radius 1 is 1.47 bits per heavy atom. The lowest BCUT2D eigenvalue weighted by Gasteiger charge is -2.06. The fourth-order valence-corrected chi connectivity index (χ4v) is 2.11. The van der Waals surface area contributed by atoms with Gasteiger partial charge in [0.15, 0.2) is 0 Å². The molecule has 1 aromatic heterocycles. The minimum atomic E-state index is -0.0992. The van der Waals surface area contributed by atoms with E-state index in [2.05, 4.69) is 26.3 Å². The molecule has 6 heteroatoms. The van der Waals surface area contributed by atoms with Crippen molar-refractivity contribution < 1.29 is 4.79 Å². The summed E-state index contributed by atoms with van der Waals surface area (Å²) < 4.78 is 2.56. The number of benzene rings is 1. The first-order chi connectivity index (χ1) is 9.16. The van der Waals surface area contributed by atoms with E-state index in [-0.39, 0.29) is 5.91 Å². The highest BCUT2D eigenvalue weighted by atomic mass is 79.9. The van der Waals surface area contributed by atoms with Gasteiger partial charge in [0.25, 0.3) is 5.91 Å². The number of carbonyl (C=O) groups is 1. The highest BCUT2D eigenvalue weighted by molar-refractivity contribution is 9.10. The van der Waals surface area contributed by atoms with Crippen LogP contribution in [0, 0.1) is 0 Å². The van der Waals surface area contributed by atoms with Gasteiger partial charge in [-0.15, -0.1) is 0 Å². The Balaban J connectivity index is 1.79. The molecule has 0 saturated heterocycles. The molecule has 0 spiro atoms. The van der Waals surface area contributed by atoms with Crippen LogP contribution in [0.1, 0.15) is 16.8 Å². The Morgan fingerprint density at radius 3 is 3.00 bits per heavy atom. The van der Waals surface area contributed by atoms with Gasteiger partial charge in [-0.05, 0) is 46.6 Å². The van der Waals surface area contributed by atoms with Gasteiger partial charge in [-0.25, -0.2) is 0 Å². The van der Waals surface area contributed by atoms with Crippen LogP contribution in [-0.2, 0) is 6.54 Å².